The zero-order valence-electron chi connectivity index (χ0n) is 16.9. The van der Waals surface area contributed by atoms with E-state index < -0.39 is 11.7 Å². The lowest BCUT2D eigenvalue weighted by atomic mass is 9.77. The zero-order chi connectivity index (χ0) is 21.3. The highest BCUT2D eigenvalue weighted by molar-refractivity contribution is 5.62. The Morgan fingerprint density at radius 3 is 2.70 bits per heavy atom. The van der Waals surface area contributed by atoms with Crippen LogP contribution in [-0.2, 0) is 13.0 Å². The van der Waals surface area contributed by atoms with Gasteiger partial charge in [0.2, 0.25) is 5.92 Å². The zero-order valence-corrected chi connectivity index (χ0v) is 16.9. The van der Waals surface area contributed by atoms with Gasteiger partial charge in [-0.2, -0.15) is 15.5 Å². The van der Waals surface area contributed by atoms with Crippen LogP contribution in [0, 0.1) is 23.1 Å². The second-order valence-corrected chi connectivity index (χ2v) is 8.40. The van der Waals surface area contributed by atoms with Gasteiger partial charge in [0, 0.05) is 51.3 Å². The van der Waals surface area contributed by atoms with Crippen molar-refractivity contribution in [2.45, 2.75) is 44.7 Å². The molecule has 2 fully saturated rings. The van der Waals surface area contributed by atoms with Crippen molar-refractivity contribution >= 4 is 5.69 Å². The minimum atomic E-state index is -2.59. The molecule has 0 N–H and O–H groups in total. The van der Waals surface area contributed by atoms with Crippen LogP contribution in [0.3, 0.4) is 0 Å². The molecule has 1 aliphatic carbocycles. The summed E-state index contributed by atoms with van der Waals surface area (Å²) < 4.78 is 40.9. The summed E-state index contributed by atoms with van der Waals surface area (Å²) in [6.45, 7) is 4.79. The van der Waals surface area contributed by atoms with Crippen LogP contribution in [0.15, 0.2) is 30.5 Å². The van der Waals surface area contributed by atoms with Gasteiger partial charge in [-0.05, 0) is 49.1 Å². The van der Waals surface area contributed by atoms with Crippen LogP contribution in [-0.4, -0.2) is 46.7 Å². The van der Waals surface area contributed by atoms with Gasteiger partial charge in [0.05, 0.1) is 11.4 Å². The Morgan fingerprint density at radius 1 is 1.27 bits per heavy atom. The van der Waals surface area contributed by atoms with Crippen molar-refractivity contribution in [3.63, 3.8) is 0 Å². The van der Waals surface area contributed by atoms with E-state index >= 15 is 0 Å². The first-order valence-electron chi connectivity index (χ1n) is 10.2. The highest BCUT2D eigenvalue weighted by Crippen LogP contribution is 2.44. The second-order valence-electron chi connectivity index (χ2n) is 8.40. The molecule has 2 aromatic rings. The molecule has 158 valence electrons. The van der Waals surface area contributed by atoms with Gasteiger partial charge in [-0.25, -0.2) is 13.2 Å². The lowest BCUT2D eigenvalue weighted by Crippen LogP contribution is -2.51. The van der Waals surface area contributed by atoms with Crippen LogP contribution in [0.4, 0.5) is 18.9 Å². The normalized spacial score (nSPS) is 21.8. The number of piperazine rings is 1. The number of nitriles is 1. The maximum absolute atomic E-state index is 14.6. The van der Waals surface area contributed by atoms with Gasteiger partial charge >= 0.3 is 0 Å². The Labute approximate surface area is 174 Å². The molecule has 1 atom stereocenters. The summed E-state index contributed by atoms with van der Waals surface area (Å²) in [5, 5.41) is 17.5. The summed E-state index contributed by atoms with van der Waals surface area (Å²) in [6, 6.07) is 9.07. The third-order valence-corrected chi connectivity index (χ3v) is 6.04. The van der Waals surface area contributed by atoms with Crippen molar-refractivity contribution in [1.82, 2.24) is 15.1 Å². The Balaban J connectivity index is 1.48. The van der Waals surface area contributed by atoms with E-state index in [2.05, 4.69) is 22.0 Å². The smallest absolute Gasteiger partial charge is 0.248 e. The summed E-state index contributed by atoms with van der Waals surface area (Å²) >= 11 is 0. The molecule has 1 aromatic carbocycles. The fraction of sp³-hybridized carbons (Fsp3) is 0.500. The number of nitrogens with zero attached hydrogens (tertiary/aromatic N) is 5. The third kappa shape index (κ3) is 4.41. The lowest BCUT2D eigenvalue weighted by Gasteiger charge is -2.41. The van der Waals surface area contributed by atoms with Crippen LogP contribution in [0.25, 0.3) is 0 Å². The van der Waals surface area contributed by atoms with Gasteiger partial charge in [0.25, 0.3) is 0 Å². The number of hydrogen-bond donors (Lipinski definition) is 0. The monoisotopic (exact) mass is 415 g/mol. The van der Waals surface area contributed by atoms with Gasteiger partial charge in [0.15, 0.2) is 0 Å². The van der Waals surface area contributed by atoms with E-state index in [-0.39, 0.29) is 30.4 Å². The van der Waals surface area contributed by atoms with Gasteiger partial charge < -0.3 is 4.90 Å². The first-order chi connectivity index (χ1) is 14.3. The van der Waals surface area contributed by atoms with E-state index in [1.54, 1.807) is 6.20 Å². The maximum atomic E-state index is 14.6. The van der Waals surface area contributed by atoms with E-state index in [1.807, 2.05) is 29.2 Å². The summed E-state index contributed by atoms with van der Waals surface area (Å²) in [6.07, 6.45) is 1.75. The fourth-order valence-corrected chi connectivity index (χ4v) is 4.46. The topological polar surface area (TPSA) is 56.1 Å². The minimum Gasteiger partial charge on any atom is -0.368 e. The van der Waals surface area contributed by atoms with E-state index in [1.165, 1.54) is 6.07 Å². The molecule has 0 bridgehead atoms. The number of alkyl halides is 2. The molecule has 0 amide bonds. The summed E-state index contributed by atoms with van der Waals surface area (Å²) in [5.74, 6) is -3.30. The third-order valence-electron chi connectivity index (χ3n) is 6.04. The largest absolute Gasteiger partial charge is 0.368 e. The van der Waals surface area contributed by atoms with Crippen LogP contribution in [0.5, 0.6) is 0 Å². The van der Waals surface area contributed by atoms with Crippen LogP contribution >= 0.6 is 0 Å². The van der Waals surface area contributed by atoms with Gasteiger partial charge in [-0.15, -0.1) is 0 Å². The molecule has 2 aliphatic rings. The molecule has 0 radical (unpaired) electrons. The molecule has 2 heterocycles. The first-order valence-corrected chi connectivity index (χ1v) is 10.2. The Hall–Kier alpha value is -2.66. The van der Waals surface area contributed by atoms with Crippen LogP contribution < -0.4 is 4.90 Å². The molecular weight excluding hydrogens is 391 g/mol. The average molecular weight is 415 g/mol. The number of aromatic nitrogens is 2. The number of hydrogen-bond acceptors (Lipinski definition) is 5. The van der Waals surface area contributed by atoms with Crippen LogP contribution in [0.2, 0.25) is 0 Å². The summed E-state index contributed by atoms with van der Waals surface area (Å²) in [5.41, 5.74) is 2.15. The Bertz CT molecular complexity index is 936. The van der Waals surface area contributed by atoms with Crippen LogP contribution in [0.1, 0.15) is 36.6 Å². The molecule has 1 aromatic heterocycles. The molecule has 30 heavy (non-hydrogen) atoms. The highest BCUT2D eigenvalue weighted by Gasteiger charge is 2.45. The van der Waals surface area contributed by atoms with Gasteiger partial charge in [0.1, 0.15) is 17.4 Å². The van der Waals surface area contributed by atoms with E-state index in [4.69, 9.17) is 0 Å². The van der Waals surface area contributed by atoms with Crippen molar-refractivity contribution in [2.24, 2.45) is 5.92 Å². The molecule has 0 unspecified atom stereocenters. The summed E-state index contributed by atoms with van der Waals surface area (Å²) in [4.78, 5) is 4.31. The first kappa shape index (κ1) is 20.6. The molecule has 1 saturated carbocycles. The Kier molecular flexibility index (Phi) is 5.65. The van der Waals surface area contributed by atoms with Crippen molar-refractivity contribution in [1.29, 1.82) is 5.26 Å². The van der Waals surface area contributed by atoms with Gasteiger partial charge in [-0.1, -0.05) is 0 Å². The molecule has 4 rings (SSSR count). The predicted molar refractivity (Wildman–Crippen MR) is 107 cm³/mol. The van der Waals surface area contributed by atoms with Crippen molar-refractivity contribution < 1.29 is 13.2 Å². The molecule has 1 saturated heterocycles. The molecule has 0 spiro atoms. The molecule has 5 nitrogen and oxygen atoms in total. The SMILES string of the molecule is C[C@H]1CN(c2cc(CC3CC(F)(F)C3)cc(F)c2C#N)CCN1Cc1cccnn1. The van der Waals surface area contributed by atoms with Crippen molar-refractivity contribution in [3.8, 4) is 6.07 Å². The predicted octanol–water partition coefficient (Wildman–Crippen LogP) is 3.79. The van der Waals surface area contributed by atoms with E-state index in [0.717, 1.165) is 12.2 Å². The molecule has 1 aliphatic heterocycles. The standard InChI is InChI=1S/C22H24F3N5/c1-15-13-30(6-5-29(15)14-18-3-2-4-27-28-18)21-9-16(8-20(23)19(21)12-26)7-17-10-22(24,25)11-17/h2-4,8-9,15,17H,5-7,10-11,13-14H2,1H3/t15-/m0/s1. The van der Waals surface area contributed by atoms with Crippen molar-refractivity contribution in [3.05, 3.63) is 53.1 Å². The maximum Gasteiger partial charge on any atom is 0.248 e. The van der Waals surface area contributed by atoms with E-state index in [0.29, 0.717) is 37.3 Å². The number of rotatable bonds is 5. The molecular formula is C22H24F3N5. The Morgan fingerprint density at radius 2 is 2.07 bits per heavy atom. The number of benzene rings is 1. The minimum absolute atomic E-state index is 0.0206. The fourth-order valence-electron chi connectivity index (χ4n) is 4.46. The van der Waals surface area contributed by atoms with Gasteiger partial charge in [-0.3, -0.25) is 4.90 Å². The quantitative estimate of drug-likeness (QED) is 0.744. The average Bonchev–Trinajstić information content (AvgIpc) is 2.68. The van der Waals surface area contributed by atoms with E-state index in [9.17, 15) is 18.4 Å². The molecule has 8 heteroatoms. The highest BCUT2D eigenvalue weighted by atomic mass is 19.3. The lowest BCUT2D eigenvalue weighted by molar-refractivity contribution is -0.109. The van der Waals surface area contributed by atoms with Crippen molar-refractivity contribution in [2.75, 3.05) is 24.5 Å². The number of anilines is 1. The summed E-state index contributed by atoms with van der Waals surface area (Å²) in [7, 11) is 0. The number of halogens is 3. The second kappa shape index (κ2) is 8.23.